The highest BCUT2D eigenvalue weighted by Crippen LogP contribution is 2.11. The van der Waals surface area contributed by atoms with Crippen molar-refractivity contribution in [2.45, 2.75) is 6.54 Å². The number of amides is 1. The molecular weight excluding hydrogens is 260 g/mol. The SMILES string of the molecule is COC(=O)CN(C)CC(=O)NCc1cccc(OC)c1. The van der Waals surface area contributed by atoms with Crippen LogP contribution in [0.15, 0.2) is 24.3 Å². The van der Waals surface area contributed by atoms with E-state index in [-0.39, 0.29) is 25.0 Å². The summed E-state index contributed by atoms with van der Waals surface area (Å²) in [5.74, 6) is 0.229. The van der Waals surface area contributed by atoms with Gasteiger partial charge >= 0.3 is 5.97 Å². The van der Waals surface area contributed by atoms with Crippen molar-refractivity contribution in [1.29, 1.82) is 0 Å². The molecule has 6 nitrogen and oxygen atoms in total. The fourth-order valence-electron chi connectivity index (χ4n) is 1.62. The number of esters is 1. The molecule has 0 heterocycles. The first-order valence-electron chi connectivity index (χ1n) is 6.20. The van der Waals surface area contributed by atoms with Gasteiger partial charge in [0.05, 0.1) is 27.3 Å². The van der Waals surface area contributed by atoms with Crippen molar-refractivity contribution < 1.29 is 19.1 Å². The van der Waals surface area contributed by atoms with Crippen LogP contribution in [0.25, 0.3) is 0 Å². The highest BCUT2D eigenvalue weighted by Gasteiger charge is 2.10. The molecule has 6 heteroatoms. The smallest absolute Gasteiger partial charge is 0.319 e. The molecule has 110 valence electrons. The lowest BCUT2D eigenvalue weighted by Gasteiger charge is -2.14. The van der Waals surface area contributed by atoms with Crippen LogP contribution in [-0.2, 0) is 20.9 Å². The predicted octanol–water partition coefficient (Wildman–Crippen LogP) is 0.416. The first kappa shape index (κ1) is 16.0. The topological polar surface area (TPSA) is 67.9 Å². The summed E-state index contributed by atoms with van der Waals surface area (Å²) in [7, 11) is 4.60. The Morgan fingerprint density at radius 1 is 1.25 bits per heavy atom. The monoisotopic (exact) mass is 280 g/mol. The van der Waals surface area contributed by atoms with Gasteiger partial charge in [0.2, 0.25) is 5.91 Å². The van der Waals surface area contributed by atoms with Gasteiger partial charge in [-0.05, 0) is 24.7 Å². The predicted molar refractivity (Wildman–Crippen MR) is 74.4 cm³/mol. The largest absolute Gasteiger partial charge is 0.497 e. The number of likely N-dealkylation sites (N-methyl/N-ethyl adjacent to an activating group) is 1. The van der Waals surface area contributed by atoms with Gasteiger partial charge in [0.1, 0.15) is 5.75 Å². The molecular formula is C14H20N2O4. The van der Waals surface area contributed by atoms with Gasteiger partial charge < -0.3 is 14.8 Å². The third-order valence-corrected chi connectivity index (χ3v) is 2.66. The fraction of sp³-hybridized carbons (Fsp3) is 0.429. The highest BCUT2D eigenvalue weighted by molar-refractivity contribution is 5.79. The summed E-state index contributed by atoms with van der Waals surface area (Å²) < 4.78 is 9.64. The molecule has 0 unspecified atom stereocenters. The maximum Gasteiger partial charge on any atom is 0.319 e. The Balaban J connectivity index is 2.37. The molecule has 0 fully saturated rings. The van der Waals surface area contributed by atoms with Gasteiger partial charge in [-0.1, -0.05) is 12.1 Å². The number of carbonyl (C=O) groups excluding carboxylic acids is 2. The molecule has 1 aromatic rings. The molecule has 1 amide bonds. The molecule has 0 atom stereocenters. The van der Waals surface area contributed by atoms with E-state index in [1.807, 2.05) is 24.3 Å². The molecule has 1 N–H and O–H groups in total. The van der Waals surface area contributed by atoms with Crippen molar-refractivity contribution in [3.05, 3.63) is 29.8 Å². The molecule has 0 aliphatic carbocycles. The molecule has 0 aliphatic heterocycles. The van der Waals surface area contributed by atoms with Gasteiger partial charge in [-0.2, -0.15) is 0 Å². The zero-order chi connectivity index (χ0) is 15.0. The molecule has 0 saturated carbocycles. The number of benzene rings is 1. The van der Waals surface area contributed by atoms with Crippen LogP contribution >= 0.6 is 0 Å². The van der Waals surface area contributed by atoms with Gasteiger partial charge in [-0.15, -0.1) is 0 Å². The second-order valence-electron chi connectivity index (χ2n) is 4.38. The summed E-state index contributed by atoms with van der Waals surface area (Å²) in [4.78, 5) is 24.3. The quantitative estimate of drug-likeness (QED) is 0.733. The molecule has 0 spiro atoms. The van der Waals surface area contributed by atoms with Crippen LogP contribution < -0.4 is 10.1 Å². The molecule has 0 saturated heterocycles. The van der Waals surface area contributed by atoms with Crippen LogP contribution in [0, 0.1) is 0 Å². The Hall–Kier alpha value is -2.08. The maximum absolute atomic E-state index is 11.7. The highest BCUT2D eigenvalue weighted by atomic mass is 16.5. The van der Waals surface area contributed by atoms with E-state index < -0.39 is 0 Å². The lowest BCUT2D eigenvalue weighted by molar-refractivity contribution is -0.141. The van der Waals surface area contributed by atoms with Crippen molar-refractivity contribution >= 4 is 11.9 Å². The van der Waals surface area contributed by atoms with E-state index in [1.165, 1.54) is 7.11 Å². The summed E-state index contributed by atoms with van der Waals surface area (Å²) in [5, 5.41) is 2.78. The second-order valence-corrected chi connectivity index (χ2v) is 4.38. The lowest BCUT2D eigenvalue weighted by Crippen LogP contribution is -2.37. The first-order valence-corrected chi connectivity index (χ1v) is 6.20. The van der Waals surface area contributed by atoms with Crippen molar-refractivity contribution in [2.24, 2.45) is 0 Å². The Labute approximate surface area is 118 Å². The summed E-state index contributed by atoms with van der Waals surface area (Å²) in [5.41, 5.74) is 0.952. The van der Waals surface area contributed by atoms with Crippen LogP contribution in [0.4, 0.5) is 0 Å². The van der Waals surface area contributed by atoms with Crippen molar-refractivity contribution in [3.8, 4) is 5.75 Å². The molecule has 1 aromatic carbocycles. The number of ether oxygens (including phenoxy) is 2. The van der Waals surface area contributed by atoms with E-state index in [1.54, 1.807) is 19.1 Å². The van der Waals surface area contributed by atoms with E-state index in [9.17, 15) is 9.59 Å². The minimum atomic E-state index is -0.368. The van der Waals surface area contributed by atoms with Crippen LogP contribution in [0.1, 0.15) is 5.56 Å². The first-order chi connectivity index (χ1) is 9.55. The van der Waals surface area contributed by atoms with Gasteiger partial charge in [0.25, 0.3) is 0 Å². The molecule has 0 aliphatic rings. The number of rotatable bonds is 7. The summed E-state index contributed by atoms with van der Waals surface area (Å²) in [6.07, 6.45) is 0. The van der Waals surface area contributed by atoms with Gasteiger partial charge in [0.15, 0.2) is 0 Å². The summed E-state index contributed by atoms with van der Waals surface area (Å²) in [6.45, 7) is 0.643. The Bertz CT molecular complexity index is 462. The number of hydrogen-bond donors (Lipinski definition) is 1. The second kappa shape index (κ2) is 8.16. The van der Waals surface area contributed by atoms with Gasteiger partial charge in [-0.25, -0.2) is 0 Å². The van der Waals surface area contributed by atoms with Crippen LogP contribution in [0.3, 0.4) is 0 Å². The number of nitrogens with zero attached hydrogens (tertiary/aromatic N) is 1. The fourth-order valence-corrected chi connectivity index (χ4v) is 1.62. The Morgan fingerprint density at radius 3 is 2.65 bits per heavy atom. The van der Waals surface area contributed by atoms with Crippen molar-refractivity contribution in [1.82, 2.24) is 10.2 Å². The van der Waals surface area contributed by atoms with Gasteiger partial charge in [0, 0.05) is 6.54 Å². The van der Waals surface area contributed by atoms with Crippen LogP contribution in [0.5, 0.6) is 5.75 Å². The number of methoxy groups -OCH3 is 2. The average Bonchev–Trinajstić information content (AvgIpc) is 2.45. The van der Waals surface area contributed by atoms with E-state index in [2.05, 4.69) is 10.1 Å². The molecule has 1 rings (SSSR count). The Morgan fingerprint density at radius 2 is 2.00 bits per heavy atom. The van der Waals surface area contributed by atoms with Crippen molar-refractivity contribution in [3.63, 3.8) is 0 Å². The number of carbonyl (C=O) groups is 2. The van der Waals surface area contributed by atoms with E-state index >= 15 is 0 Å². The number of nitrogens with one attached hydrogen (secondary N) is 1. The molecule has 0 aromatic heterocycles. The Kier molecular flexibility index (Phi) is 6.52. The molecule has 20 heavy (non-hydrogen) atoms. The maximum atomic E-state index is 11.7. The lowest BCUT2D eigenvalue weighted by atomic mass is 10.2. The van der Waals surface area contributed by atoms with Crippen LogP contribution in [-0.4, -0.2) is 51.1 Å². The average molecular weight is 280 g/mol. The number of hydrogen-bond acceptors (Lipinski definition) is 5. The third kappa shape index (κ3) is 5.71. The minimum Gasteiger partial charge on any atom is -0.497 e. The molecule has 0 radical (unpaired) electrons. The zero-order valence-electron chi connectivity index (χ0n) is 12.0. The third-order valence-electron chi connectivity index (χ3n) is 2.66. The summed E-state index contributed by atoms with van der Waals surface area (Å²) in [6, 6.07) is 7.47. The normalized spacial score (nSPS) is 10.2. The van der Waals surface area contributed by atoms with E-state index in [0.717, 1.165) is 11.3 Å². The van der Waals surface area contributed by atoms with E-state index in [0.29, 0.717) is 6.54 Å². The minimum absolute atomic E-state index is 0.0864. The standard InChI is InChI=1S/C14H20N2O4/c1-16(10-14(18)20-3)9-13(17)15-8-11-5-4-6-12(7-11)19-2/h4-7H,8-10H2,1-3H3,(H,15,17). The van der Waals surface area contributed by atoms with E-state index in [4.69, 9.17) is 4.74 Å². The summed E-state index contributed by atoms with van der Waals surface area (Å²) >= 11 is 0. The van der Waals surface area contributed by atoms with Crippen molar-refractivity contribution in [2.75, 3.05) is 34.4 Å². The molecule has 0 bridgehead atoms. The zero-order valence-corrected chi connectivity index (χ0v) is 12.0. The van der Waals surface area contributed by atoms with Crippen LogP contribution in [0.2, 0.25) is 0 Å². The van der Waals surface area contributed by atoms with Gasteiger partial charge in [-0.3, -0.25) is 14.5 Å².